The lowest BCUT2D eigenvalue weighted by atomic mass is 10.2. The average Bonchev–Trinajstić information content (AvgIpc) is 3.58. The molecule has 2 saturated carbocycles. The summed E-state index contributed by atoms with van der Waals surface area (Å²) in [6.07, 6.45) is 6.50. The molecule has 2 aliphatic rings. The fourth-order valence-electron chi connectivity index (χ4n) is 3.88. The van der Waals surface area contributed by atoms with Crippen molar-refractivity contribution >= 4 is 5.91 Å². The highest BCUT2D eigenvalue weighted by Crippen LogP contribution is 2.52. The second kappa shape index (κ2) is 7.85. The van der Waals surface area contributed by atoms with Crippen LogP contribution in [0.1, 0.15) is 55.1 Å². The van der Waals surface area contributed by atoms with Crippen LogP contribution in [0.15, 0.2) is 41.1 Å². The van der Waals surface area contributed by atoms with Gasteiger partial charge in [-0.25, -0.2) is 0 Å². The summed E-state index contributed by atoms with van der Waals surface area (Å²) in [5.74, 6) is 3.92. The van der Waals surface area contributed by atoms with E-state index in [1.165, 1.54) is 6.42 Å². The first-order valence-electron chi connectivity index (χ1n) is 9.93. The molecule has 2 aromatic heterocycles. The Morgan fingerprint density at radius 3 is 2.56 bits per heavy atom. The predicted molar refractivity (Wildman–Crippen MR) is 102 cm³/mol. The Balaban J connectivity index is 1.39. The number of nitrogens with zero attached hydrogens (tertiary/aromatic N) is 2. The van der Waals surface area contributed by atoms with Crippen LogP contribution in [-0.4, -0.2) is 36.1 Å². The zero-order valence-electron chi connectivity index (χ0n) is 16.1. The first kappa shape index (κ1) is 18.2. The van der Waals surface area contributed by atoms with Crippen molar-refractivity contribution in [1.29, 1.82) is 0 Å². The van der Waals surface area contributed by atoms with Gasteiger partial charge in [-0.3, -0.25) is 9.78 Å². The maximum atomic E-state index is 13.1. The summed E-state index contributed by atoms with van der Waals surface area (Å²) in [4.78, 5) is 19.1. The fourth-order valence-corrected chi connectivity index (χ4v) is 3.88. The lowest BCUT2D eigenvalue weighted by Crippen LogP contribution is -2.33. The maximum Gasteiger partial charge on any atom is 0.226 e. The number of methoxy groups -OCH3 is 1. The van der Waals surface area contributed by atoms with Gasteiger partial charge in [0.05, 0.1) is 0 Å². The number of hydrogen-bond donors (Lipinski definition) is 0. The molecule has 0 spiro atoms. The molecule has 0 saturated heterocycles. The lowest BCUT2D eigenvalue weighted by molar-refractivity contribution is -0.133. The second-order valence-electron chi connectivity index (χ2n) is 7.97. The van der Waals surface area contributed by atoms with Crippen molar-refractivity contribution in [2.75, 3.05) is 20.3 Å². The molecule has 2 aromatic rings. The summed E-state index contributed by atoms with van der Waals surface area (Å²) in [6.45, 7) is 4.25. The third-order valence-electron chi connectivity index (χ3n) is 5.81. The Hall–Kier alpha value is -2.14. The summed E-state index contributed by atoms with van der Waals surface area (Å²) < 4.78 is 11.2. The number of ether oxygens (including phenoxy) is 1. The molecule has 4 rings (SSSR count). The van der Waals surface area contributed by atoms with E-state index in [1.807, 2.05) is 17.0 Å². The molecule has 1 amide bonds. The molecule has 144 valence electrons. The van der Waals surface area contributed by atoms with Crippen LogP contribution in [0.25, 0.3) is 0 Å². The van der Waals surface area contributed by atoms with Crippen LogP contribution >= 0.6 is 0 Å². The molecule has 4 unspecified atom stereocenters. The number of pyridine rings is 1. The predicted octanol–water partition coefficient (Wildman–Crippen LogP) is 3.97. The van der Waals surface area contributed by atoms with E-state index in [4.69, 9.17) is 9.15 Å². The second-order valence-corrected chi connectivity index (χ2v) is 7.97. The Labute approximate surface area is 160 Å². The molecule has 27 heavy (non-hydrogen) atoms. The van der Waals surface area contributed by atoms with Crippen molar-refractivity contribution < 1.29 is 13.9 Å². The highest BCUT2D eigenvalue weighted by Gasteiger charge is 2.48. The standard InChI is InChI=1S/C22H28N2O3/c1-15-12-17(15)20-4-5-21(27-20)18-13-19(18)22(25)24(10-3-11-26-2)14-16-6-8-23-9-7-16/h4-9,15,17-19H,3,10-14H2,1-2H3. The minimum Gasteiger partial charge on any atom is -0.465 e. The lowest BCUT2D eigenvalue weighted by Gasteiger charge is -2.23. The molecule has 2 aliphatic carbocycles. The van der Waals surface area contributed by atoms with E-state index in [1.54, 1.807) is 19.5 Å². The molecule has 2 heterocycles. The van der Waals surface area contributed by atoms with Crippen molar-refractivity contribution in [3.8, 4) is 0 Å². The molecule has 5 nitrogen and oxygen atoms in total. The molecule has 0 aliphatic heterocycles. The van der Waals surface area contributed by atoms with Crippen molar-refractivity contribution in [3.05, 3.63) is 53.7 Å². The third-order valence-corrected chi connectivity index (χ3v) is 5.81. The Morgan fingerprint density at radius 1 is 1.19 bits per heavy atom. The molecule has 0 radical (unpaired) electrons. The van der Waals surface area contributed by atoms with Crippen molar-refractivity contribution in [2.24, 2.45) is 11.8 Å². The van der Waals surface area contributed by atoms with Gasteiger partial charge in [-0.1, -0.05) is 6.92 Å². The van der Waals surface area contributed by atoms with Gasteiger partial charge in [0.1, 0.15) is 11.5 Å². The molecule has 5 heteroatoms. The quantitative estimate of drug-likeness (QED) is 0.629. The van der Waals surface area contributed by atoms with E-state index >= 15 is 0 Å². The van der Waals surface area contributed by atoms with Crippen LogP contribution < -0.4 is 0 Å². The summed E-state index contributed by atoms with van der Waals surface area (Å²) in [7, 11) is 1.70. The number of carbonyl (C=O) groups is 1. The Morgan fingerprint density at radius 2 is 1.89 bits per heavy atom. The minimum absolute atomic E-state index is 0.0463. The third kappa shape index (κ3) is 4.24. The summed E-state index contributed by atoms with van der Waals surface area (Å²) >= 11 is 0. The zero-order valence-corrected chi connectivity index (χ0v) is 16.1. The van der Waals surface area contributed by atoms with Gasteiger partial charge in [0.25, 0.3) is 0 Å². The van der Waals surface area contributed by atoms with Gasteiger partial charge in [-0.2, -0.15) is 0 Å². The van der Waals surface area contributed by atoms with Crippen LogP contribution in [0.4, 0.5) is 0 Å². The number of amides is 1. The number of aromatic nitrogens is 1. The normalized spacial score (nSPS) is 26.0. The average molecular weight is 368 g/mol. The number of carbonyl (C=O) groups excluding carboxylic acids is 1. The molecule has 0 bridgehead atoms. The van der Waals surface area contributed by atoms with Gasteiger partial charge in [0.2, 0.25) is 5.91 Å². The van der Waals surface area contributed by atoms with E-state index in [0.717, 1.165) is 35.8 Å². The highest BCUT2D eigenvalue weighted by molar-refractivity contribution is 5.82. The fraction of sp³-hybridized carbons (Fsp3) is 0.545. The van der Waals surface area contributed by atoms with Crippen LogP contribution in [0.2, 0.25) is 0 Å². The van der Waals surface area contributed by atoms with Gasteiger partial charge in [-0.05, 0) is 55.0 Å². The first-order valence-corrected chi connectivity index (χ1v) is 9.93. The Kier molecular flexibility index (Phi) is 5.30. The van der Waals surface area contributed by atoms with Gasteiger partial charge in [0.15, 0.2) is 0 Å². The molecule has 0 N–H and O–H groups in total. The van der Waals surface area contributed by atoms with E-state index in [9.17, 15) is 4.79 Å². The molecule has 2 fully saturated rings. The SMILES string of the molecule is COCCCN(Cc1ccncc1)C(=O)C1CC1c1ccc(C2CC2C)o1. The van der Waals surface area contributed by atoms with Crippen LogP contribution in [0, 0.1) is 11.8 Å². The van der Waals surface area contributed by atoms with Gasteiger partial charge in [-0.15, -0.1) is 0 Å². The van der Waals surface area contributed by atoms with E-state index < -0.39 is 0 Å². The van der Waals surface area contributed by atoms with Crippen molar-refractivity contribution in [2.45, 2.75) is 44.6 Å². The molecular weight excluding hydrogens is 340 g/mol. The van der Waals surface area contributed by atoms with Gasteiger partial charge in [0, 0.05) is 57.0 Å². The van der Waals surface area contributed by atoms with Crippen LogP contribution in [-0.2, 0) is 16.1 Å². The smallest absolute Gasteiger partial charge is 0.226 e. The van der Waals surface area contributed by atoms with Crippen LogP contribution in [0.5, 0.6) is 0 Å². The van der Waals surface area contributed by atoms with E-state index in [0.29, 0.717) is 25.6 Å². The van der Waals surface area contributed by atoms with Gasteiger partial charge >= 0.3 is 0 Å². The summed E-state index contributed by atoms with van der Waals surface area (Å²) in [6, 6.07) is 8.13. The van der Waals surface area contributed by atoms with E-state index in [2.05, 4.69) is 24.0 Å². The first-order chi connectivity index (χ1) is 13.2. The summed E-state index contributed by atoms with van der Waals surface area (Å²) in [5.41, 5.74) is 1.11. The monoisotopic (exact) mass is 368 g/mol. The molecule has 0 aromatic carbocycles. The number of furan rings is 1. The highest BCUT2D eigenvalue weighted by atomic mass is 16.5. The van der Waals surface area contributed by atoms with Gasteiger partial charge < -0.3 is 14.1 Å². The van der Waals surface area contributed by atoms with Crippen LogP contribution in [0.3, 0.4) is 0 Å². The number of rotatable bonds is 9. The topological polar surface area (TPSA) is 55.6 Å². The van der Waals surface area contributed by atoms with E-state index in [-0.39, 0.29) is 17.7 Å². The minimum atomic E-state index is 0.0463. The number of hydrogen-bond acceptors (Lipinski definition) is 4. The maximum absolute atomic E-state index is 13.1. The Bertz CT molecular complexity index is 773. The van der Waals surface area contributed by atoms with Crippen molar-refractivity contribution in [1.82, 2.24) is 9.88 Å². The molecule has 4 atom stereocenters. The largest absolute Gasteiger partial charge is 0.465 e. The van der Waals surface area contributed by atoms with Crippen molar-refractivity contribution in [3.63, 3.8) is 0 Å². The molecular formula is C22H28N2O3. The summed E-state index contributed by atoms with van der Waals surface area (Å²) in [5, 5.41) is 0. The zero-order chi connectivity index (χ0) is 18.8.